The van der Waals surface area contributed by atoms with E-state index in [1.165, 1.54) is 25.7 Å². The molecule has 0 aromatic rings. The lowest BCUT2D eigenvalue weighted by molar-refractivity contribution is -0.188. The predicted octanol–water partition coefficient (Wildman–Crippen LogP) is 4.86. The molecule has 0 saturated heterocycles. The number of aliphatic carboxylic acids is 1. The molecule has 5 rings (SSSR count). The topological polar surface area (TPSA) is 74.6 Å². The van der Waals surface area contributed by atoms with Crippen LogP contribution in [0.2, 0.25) is 0 Å². The van der Waals surface area contributed by atoms with Crippen LogP contribution >= 0.6 is 0 Å². The molecular weight excluding hydrogens is 400 g/mol. The van der Waals surface area contributed by atoms with E-state index in [2.05, 4.69) is 24.8 Å². The van der Waals surface area contributed by atoms with Gasteiger partial charge < -0.3 is 15.0 Å². The maximum absolute atomic E-state index is 13.4. The largest absolute Gasteiger partial charge is 0.481 e. The van der Waals surface area contributed by atoms with Crippen LogP contribution in [0.1, 0.15) is 78.6 Å². The van der Waals surface area contributed by atoms with E-state index in [-0.39, 0.29) is 23.7 Å². The average molecular weight is 439 g/mol. The van der Waals surface area contributed by atoms with Gasteiger partial charge in [-0.2, -0.15) is 0 Å². The number of carbonyl (C=O) groups is 2. The fourth-order valence-corrected chi connectivity index (χ4v) is 9.41. The van der Waals surface area contributed by atoms with Gasteiger partial charge in [0.15, 0.2) is 0 Å². The molecule has 4 nitrogen and oxygen atoms in total. The Bertz CT molecular complexity index is 902. The Morgan fingerprint density at radius 2 is 1.94 bits per heavy atom. The van der Waals surface area contributed by atoms with E-state index in [0.29, 0.717) is 24.7 Å². The van der Waals surface area contributed by atoms with Gasteiger partial charge in [-0.1, -0.05) is 57.6 Å². The van der Waals surface area contributed by atoms with E-state index in [1.54, 1.807) is 0 Å². The number of aliphatic hydroxyl groups is 1. The molecule has 5 aliphatic carbocycles. The first-order valence-electron chi connectivity index (χ1n) is 12.8. The SMILES string of the molecule is CC(C)C1=CC2CC3(C=O)[C@@H]4CC[C@@H](C)[C@H]4CC2(C(O)C#CCC2CCCC2)[C@]13C(=O)O. The van der Waals surface area contributed by atoms with Crippen LogP contribution in [-0.4, -0.2) is 28.6 Å². The summed E-state index contributed by atoms with van der Waals surface area (Å²) in [6, 6.07) is 0. The van der Waals surface area contributed by atoms with E-state index in [1.807, 2.05) is 13.8 Å². The van der Waals surface area contributed by atoms with Crippen molar-refractivity contribution < 1.29 is 19.8 Å². The van der Waals surface area contributed by atoms with Gasteiger partial charge in [0, 0.05) is 11.8 Å². The standard InChI is InChI=1S/C28H38O4/c1-17(2)23-13-20-14-26(16-29)22-12-11-18(3)21(22)15-27(20,28(23,26)25(31)32)24(30)10-6-9-19-7-4-5-8-19/h13,16-22,24,30H,4-5,7-9,11-12,14-15H2,1-3H3,(H,31,32)/t18-,20?,21-,22-,24?,26?,27?,28+/m1/s1. The van der Waals surface area contributed by atoms with Gasteiger partial charge in [-0.3, -0.25) is 4.79 Å². The molecule has 0 aromatic carbocycles. The third-order valence-corrected chi connectivity index (χ3v) is 10.6. The zero-order valence-electron chi connectivity index (χ0n) is 19.8. The molecule has 0 radical (unpaired) electrons. The van der Waals surface area contributed by atoms with Crippen molar-refractivity contribution in [2.45, 2.75) is 84.7 Å². The van der Waals surface area contributed by atoms with Gasteiger partial charge in [-0.25, -0.2) is 0 Å². The van der Waals surface area contributed by atoms with Crippen LogP contribution in [0.3, 0.4) is 0 Å². The fraction of sp³-hybridized carbons (Fsp3) is 0.786. The first-order chi connectivity index (χ1) is 15.3. The lowest BCUT2D eigenvalue weighted by Crippen LogP contribution is -2.65. The van der Waals surface area contributed by atoms with Crippen molar-refractivity contribution >= 4 is 12.3 Å². The smallest absolute Gasteiger partial charge is 0.315 e. The first-order valence-corrected chi connectivity index (χ1v) is 12.8. The second kappa shape index (κ2) is 7.45. The molecule has 0 aliphatic heterocycles. The van der Waals surface area contributed by atoms with Crippen molar-refractivity contribution in [3.05, 3.63) is 11.6 Å². The van der Waals surface area contributed by atoms with Crippen molar-refractivity contribution in [2.24, 2.45) is 51.8 Å². The highest BCUT2D eigenvalue weighted by Crippen LogP contribution is 2.83. The number of hydrogen-bond acceptors (Lipinski definition) is 3. The molecular formula is C28H38O4. The Kier molecular flexibility index (Phi) is 5.17. The van der Waals surface area contributed by atoms with Gasteiger partial charge in [-0.15, -0.1) is 5.92 Å². The van der Waals surface area contributed by atoms with Crippen LogP contribution in [-0.2, 0) is 9.59 Å². The van der Waals surface area contributed by atoms with Crippen LogP contribution in [0, 0.1) is 63.6 Å². The van der Waals surface area contributed by atoms with Gasteiger partial charge >= 0.3 is 5.97 Å². The summed E-state index contributed by atoms with van der Waals surface area (Å²) >= 11 is 0. The molecule has 0 aromatic heterocycles. The monoisotopic (exact) mass is 438 g/mol. The van der Waals surface area contributed by atoms with E-state index in [4.69, 9.17) is 0 Å². The third kappa shape index (κ3) is 2.44. The second-order valence-corrected chi connectivity index (χ2v) is 11.9. The highest BCUT2D eigenvalue weighted by Gasteiger charge is 2.85. The predicted molar refractivity (Wildman–Crippen MR) is 122 cm³/mol. The zero-order chi connectivity index (χ0) is 22.9. The molecule has 32 heavy (non-hydrogen) atoms. The van der Waals surface area contributed by atoms with Crippen molar-refractivity contribution in [3.8, 4) is 11.8 Å². The minimum Gasteiger partial charge on any atom is -0.481 e. The zero-order valence-corrected chi connectivity index (χ0v) is 19.8. The molecule has 4 unspecified atom stereocenters. The number of carboxylic acids is 1. The molecule has 5 aliphatic rings. The summed E-state index contributed by atoms with van der Waals surface area (Å²) in [4.78, 5) is 26.4. The van der Waals surface area contributed by atoms with Gasteiger partial charge in [0.05, 0.1) is 5.41 Å². The molecule has 4 fully saturated rings. The maximum Gasteiger partial charge on any atom is 0.315 e. The summed E-state index contributed by atoms with van der Waals surface area (Å²) < 4.78 is 0. The summed E-state index contributed by atoms with van der Waals surface area (Å²) in [5.41, 5.74) is -2.31. The molecule has 8 atom stereocenters. The van der Waals surface area contributed by atoms with Crippen LogP contribution < -0.4 is 0 Å². The molecule has 0 heterocycles. The lowest BCUT2D eigenvalue weighted by atomic mass is 9.41. The molecule has 0 amide bonds. The highest BCUT2D eigenvalue weighted by molar-refractivity contribution is 5.90. The van der Waals surface area contributed by atoms with E-state index in [0.717, 1.165) is 31.1 Å². The van der Waals surface area contributed by atoms with E-state index < -0.39 is 28.3 Å². The maximum atomic E-state index is 13.4. The van der Waals surface area contributed by atoms with Crippen LogP contribution in [0.15, 0.2) is 11.6 Å². The number of fused-ring (bicyclic) bond motifs is 2. The van der Waals surface area contributed by atoms with Gasteiger partial charge in [0.1, 0.15) is 17.8 Å². The molecule has 2 N–H and O–H groups in total. The van der Waals surface area contributed by atoms with Crippen molar-refractivity contribution in [3.63, 3.8) is 0 Å². The Morgan fingerprint density at radius 3 is 2.56 bits per heavy atom. The van der Waals surface area contributed by atoms with Crippen LogP contribution in [0.4, 0.5) is 0 Å². The van der Waals surface area contributed by atoms with Gasteiger partial charge in [0.25, 0.3) is 0 Å². The average Bonchev–Trinajstić information content (AvgIpc) is 3.50. The van der Waals surface area contributed by atoms with Crippen LogP contribution in [0.5, 0.6) is 0 Å². The molecule has 174 valence electrons. The Morgan fingerprint density at radius 1 is 1.22 bits per heavy atom. The number of aliphatic hydroxyl groups excluding tert-OH is 1. The quantitative estimate of drug-likeness (QED) is 0.365. The minimum absolute atomic E-state index is 0.0177. The molecule has 0 spiro atoms. The third-order valence-electron chi connectivity index (χ3n) is 10.6. The van der Waals surface area contributed by atoms with Crippen LogP contribution in [0.25, 0.3) is 0 Å². The van der Waals surface area contributed by atoms with Gasteiger partial charge in [-0.05, 0) is 67.6 Å². The Balaban J connectivity index is 1.65. The summed E-state index contributed by atoms with van der Waals surface area (Å²) in [6.07, 6.45) is 11.0. The first kappa shape index (κ1) is 22.2. The summed E-state index contributed by atoms with van der Waals surface area (Å²) in [6.45, 7) is 6.31. The Hall–Kier alpha value is -1.60. The highest BCUT2D eigenvalue weighted by atomic mass is 16.4. The minimum atomic E-state index is -1.34. The van der Waals surface area contributed by atoms with E-state index in [9.17, 15) is 19.8 Å². The molecule has 4 saturated carbocycles. The summed E-state index contributed by atoms with van der Waals surface area (Å²) in [7, 11) is 0. The second-order valence-electron chi connectivity index (χ2n) is 11.9. The number of rotatable bonds is 5. The normalized spacial score (nSPS) is 45.3. The number of aldehydes is 1. The fourth-order valence-electron chi connectivity index (χ4n) is 9.41. The summed E-state index contributed by atoms with van der Waals surface area (Å²) in [5, 5.41) is 22.7. The summed E-state index contributed by atoms with van der Waals surface area (Å²) in [5.74, 6) is 6.85. The van der Waals surface area contributed by atoms with Crippen molar-refractivity contribution in [2.75, 3.05) is 0 Å². The van der Waals surface area contributed by atoms with Crippen molar-refractivity contribution in [1.82, 2.24) is 0 Å². The van der Waals surface area contributed by atoms with Crippen molar-refractivity contribution in [1.29, 1.82) is 0 Å². The number of hydrogen-bond donors (Lipinski definition) is 2. The number of carbonyl (C=O) groups excluding carboxylic acids is 1. The Labute approximate surface area is 192 Å². The van der Waals surface area contributed by atoms with Gasteiger partial charge in [0.2, 0.25) is 0 Å². The number of allylic oxidation sites excluding steroid dienone is 1. The van der Waals surface area contributed by atoms with E-state index >= 15 is 0 Å². The molecule has 4 bridgehead atoms. The molecule has 4 heteroatoms. The number of carboxylic acid groups (broad SMARTS) is 1. The lowest BCUT2D eigenvalue weighted by Gasteiger charge is -2.59.